The molecule has 0 radical (unpaired) electrons. The third-order valence-electron chi connectivity index (χ3n) is 5.12. The van der Waals surface area contributed by atoms with Gasteiger partial charge in [0, 0.05) is 0 Å². The summed E-state index contributed by atoms with van der Waals surface area (Å²) in [5.74, 6) is 0.765. The largest absolute Gasteiger partial charge is 0.369 e. The number of nitrogens with zero attached hydrogens (tertiary/aromatic N) is 3. The molecule has 5 nitrogen and oxygen atoms in total. The molecule has 0 aromatic heterocycles. The Labute approximate surface area is 144 Å². The Balaban J connectivity index is 2.22. The molecule has 24 heavy (non-hydrogen) atoms. The van der Waals surface area contributed by atoms with Gasteiger partial charge in [-0.25, -0.2) is 4.99 Å². The molecule has 3 rings (SSSR count). The van der Waals surface area contributed by atoms with E-state index in [-0.39, 0.29) is 11.1 Å². The van der Waals surface area contributed by atoms with E-state index in [0.29, 0.717) is 11.9 Å². The summed E-state index contributed by atoms with van der Waals surface area (Å²) in [6.07, 6.45) is 5.43. The number of nitrogens with two attached hydrogens (primary N) is 2. The summed E-state index contributed by atoms with van der Waals surface area (Å²) in [7, 11) is 0. The lowest BCUT2D eigenvalue weighted by Crippen LogP contribution is -2.59. The van der Waals surface area contributed by atoms with E-state index >= 15 is 0 Å². The third-order valence-corrected chi connectivity index (χ3v) is 5.12. The Kier molecular flexibility index (Phi) is 4.06. The van der Waals surface area contributed by atoms with Crippen LogP contribution >= 0.6 is 0 Å². The second-order valence-corrected chi connectivity index (χ2v) is 8.04. The summed E-state index contributed by atoms with van der Waals surface area (Å²) >= 11 is 0. The second kappa shape index (κ2) is 5.80. The number of hydrogen-bond acceptors (Lipinski definition) is 5. The molecular formula is C19H29N5. The van der Waals surface area contributed by atoms with Gasteiger partial charge in [-0.1, -0.05) is 45.4 Å². The molecule has 0 amide bonds. The summed E-state index contributed by atoms with van der Waals surface area (Å²) in [6, 6.07) is 6.44. The van der Waals surface area contributed by atoms with E-state index in [9.17, 15) is 0 Å². The van der Waals surface area contributed by atoms with Crippen LogP contribution in [0.2, 0.25) is 0 Å². The van der Waals surface area contributed by atoms with Crippen LogP contribution in [0.1, 0.15) is 64.0 Å². The van der Waals surface area contributed by atoms with E-state index in [1.807, 2.05) is 0 Å². The van der Waals surface area contributed by atoms with Crippen LogP contribution in [0.3, 0.4) is 0 Å². The highest BCUT2D eigenvalue weighted by molar-refractivity contribution is 6.06. The van der Waals surface area contributed by atoms with Crippen LogP contribution in [0.15, 0.2) is 28.2 Å². The van der Waals surface area contributed by atoms with Gasteiger partial charge in [0.05, 0.1) is 5.69 Å². The van der Waals surface area contributed by atoms with Gasteiger partial charge >= 0.3 is 0 Å². The molecule has 5 heteroatoms. The average molecular weight is 327 g/mol. The number of para-hydroxylation sites is 1. The maximum Gasteiger partial charge on any atom is 0.220 e. The Bertz CT molecular complexity index is 690. The lowest BCUT2D eigenvalue weighted by Gasteiger charge is -2.47. The van der Waals surface area contributed by atoms with Crippen molar-refractivity contribution in [3.63, 3.8) is 0 Å². The third kappa shape index (κ3) is 2.76. The number of benzene rings is 1. The standard InChI is InChI=1S/C19H29N5/c1-13-9-8-10-14(18(2,3)4)15(13)24-17(21)22-16(20)23-19(24)11-6-5-7-12-19/h8-10H,5-7,11-12H2,1-4H3,(H4,20,21,22,23). The van der Waals surface area contributed by atoms with Crippen molar-refractivity contribution in [2.24, 2.45) is 21.5 Å². The number of aryl methyl sites for hydroxylation is 1. The fraction of sp³-hybridized carbons (Fsp3) is 0.579. The van der Waals surface area contributed by atoms with Gasteiger partial charge in [-0.05, 0) is 49.1 Å². The normalized spacial score (nSPS) is 20.8. The summed E-state index contributed by atoms with van der Waals surface area (Å²) in [4.78, 5) is 11.3. The van der Waals surface area contributed by atoms with Crippen LogP contribution in [0, 0.1) is 6.92 Å². The van der Waals surface area contributed by atoms with Crippen LogP contribution in [0.25, 0.3) is 0 Å². The van der Waals surface area contributed by atoms with Crippen LogP contribution in [0.4, 0.5) is 5.69 Å². The number of rotatable bonds is 1. The van der Waals surface area contributed by atoms with E-state index in [0.717, 1.165) is 31.4 Å². The lowest BCUT2D eigenvalue weighted by atomic mass is 9.81. The zero-order chi connectivity index (χ0) is 17.5. The van der Waals surface area contributed by atoms with Crippen LogP contribution in [0.5, 0.6) is 0 Å². The van der Waals surface area contributed by atoms with Crippen molar-refractivity contribution < 1.29 is 0 Å². The fourth-order valence-electron chi connectivity index (χ4n) is 4.01. The molecule has 1 aromatic carbocycles. The van der Waals surface area contributed by atoms with Crippen molar-refractivity contribution in [2.45, 2.75) is 70.9 Å². The highest BCUT2D eigenvalue weighted by atomic mass is 15.4. The van der Waals surface area contributed by atoms with Gasteiger partial charge < -0.3 is 11.5 Å². The summed E-state index contributed by atoms with van der Waals surface area (Å²) in [5.41, 5.74) is 15.6. The summed E-state index contributed by atoms with van der Waals surface area (Å²) < 4.78 is 0. The molecule has 1 saturated carbocycles. The van der Waals surface area contributed by atoms with Gasteiger partial charge in [0.2, 0.25) is 11.9 Å². The zero-order valence-electron chi connectivity index (χ0n) is 15.3. The smallest absolute Gasteiger partial charge is 0.220 e. The molecule has 0 unspecified atom stereocenters. The summed E-state index contributed by atoms with van der Waals surface area (Å²) in [5, 5.41) is 0. The predicted molar refractivity (Wildman–Crippen MR) is 101 cm³/mol. The molecule has 0 bridgehead atoms. The molecule has 0 atom stereocenters. The van der Waals surface area contributed by atoms with E-state index in [2.05, 4.69) is 55.8 Å². The zero-order valence-corrected chi connectivity index (χ0v) is 15.3. The number of guanidine groups is 2. The Morgan fingerprint density at radius 1 is 1.08 bits per heavy atom. The average Bonchev–Trinajstić information content (AvgIpc) is 2.47. The molecular weight excluding hydrogens is 298 g/mol. The van der Waals surface area contributed by atoms with Gasteiger partial charge in [0.1, 0.15) is 5.66 Å². The molecule has 0 saturated heterocycles. The van der Waals surface area contributed by atoms with Crippen LogP contribution in [-0.4, -0.2) is 17.6 Å². The van der Waals surface area contributed by atoms with Gasteiger partial charge in [-0.15, -0.1) is 0 Å². The van der Waals surface area contributed by atoms with Crippen molar-refractivity contribution in [3.8, 4) is 0 Å². The quantitative estimate of drug-likeness (QED) is 0.829. The molecule has 1 fully saturated rings. The van der Waals surface area contributed by atoms with E-state index in [4.69, 9.17) is 16.5 Å². The van der Waals surface area contributed by atoms with Gasteiger partial charge in [0.15, 0.2) is 0 Å². The second-order valence-electron chi connectivity index (χ2n) is 8.04. The number of anilines is 1. The van der Waals surface area contributed by atoms with Gasteiger partial charge in [0.25, 0.3) is 0 Å². The first-order chi connectivity index (χ1) is 11.2. The lowest BCUT2D eigenvalue weighted by molar-refractivity contribution is 0.304. The Morgan fingerprint density at radius 2 is 1.75 bits per heavy atom. The van der Waals surface area contributed by atoms with Crippen molar-refractivity contribution in [1.82, 2.24) is 0 Å². The maximum absolute atomic E-state index is 6.40. The topological polar surface area (TPSA) is 80.0 Å². The number of hydrogen-bond donors (Lipinski definition) is 2. The van der Waals surface area contributed by atoms with Gasteiger partial charge in [-0.2, -0.15) is 4.99 Å². The minimum Gasteiger partial charge on any atom is -0.369 e. The molecule has 2 aliphatic rings. The minimum absolute atomic E-state index is 0.00416. The molecule has 1 aliphatic heterocycles. The first kappa shape index (κ1) is 16.8. The molecule has 1 aromatic rings. The van der Waals surface area contributed by atoms with Crippen molar-refractivity contribution in [1.29, 1.82) is 0 Å². The molecule has 1 aliphatic carbocycles. The van der Waals surface area contributed by atoms with Crippen LogP contribution in [-0.2, 0) is 5.41 Å². The monoisotopic (exact) mass is 327 g/mol. The Hall–Kier alpha value is -2.04. The van der Waals surface area contributed by atoms with Crippen molar-refractivity contribution in [3.05, 3.63) is 29.3 Å². The first-order valence-corrected chi connectivity index (χ1v) is 8.84. The fourth-order valence-corrected chi connectivity index (χ4v) is 4.01. The highest BCUT2D eigenvalue weighted by Gasteiger charge is 2.44. The maximum atomic E-state index is 6.40. The van der Waals surface area contributed by atoms with Gasteiger partial charge in [-0.3, -0.25) is 4.90 Å². The van der Waals surface area contributed by atoms with Crippen molar-refractivity contribution >= 4 is 17.6 Å². The molecule has 4 N–H and O–H groups in total. The van der Waals surface area contributed by atoms with E-state index < -0.39 is 0 Å². The number of aliphatic imine (C=N–C) groups is 2. The van der Waals surface area contributed by atoms with Crippen LogP contribution < -0.4 is 16.4 Å². The minimum atomic E-state index is -0.389. The van der Waals surface area contributed by atoms with E-state index in [1.165, 1.54) is 17.5 Å². The molecule has 1 spiro atoms. The Morgan fingerprint density at radius 3 is 2.38 bits per heavy atom. The SMILES string of the molecule is Cc1cccc(C(C)(C)C)c1N1C(N)=NC(N)=NC12CCCCC2. The van der Waals surface area contributed by atoms with Crippen molar-refractivity contribution in [2.75, 3.05) is 4.90 Å². The van der Waals surface area contributed by atoms with E-state index in [1.54, 1.807) is 0 Å². The first-order valence-electron chi connectivity index (χ1n) is 8.84. The predicted octanol–water partition coefficient (Wildman–Crippen LogP) is 3.40. The summed E-state index contributed by atoms with van der Waals surface area (Å²) in [6.45, 7) is 8.82. The molecule has 130 valence electrons. The highest BCUT2D eigenvalue weighted by Crippen LogP contribution is 2.44. The molecule has 1 heterocycles.